The third-order valence-corrected chi connectivity index (χ3v) is 5.78. The fraction of sp³-hybridized carbons (Fsp3) is 0.435. The molecule has 2 heterocycles. The van der Waals surface area contributed by atoms with Gasteiger partial charge in [0.15, 0.2) is 0 Å². The van der Waals surface area contributed by atoms with E-state index in [1.807, 2.05) is 46.7 Å². The lowest BCUT2D eigenvalue weighted by molar-refractivity contribution is -0.123. The number of aromatic nitrogens is 2. The molecule has 3 aromatic rings. The number of hydrogen-bond donors (Lipinski definition) is 1. The van der Waals surface area contributed by atoms with E-state index in [4.69, 9.17) is 9.15 Å². The highest BCUT2D eigenvalue weighted by Crippen LogP contribution is 2.25. The van der Waals surface area contributed by atoms with E-state index in [9.17, 15) is 4.79 Å². The molecule has 1 amide bonds. The van der Waals surface area contributed by atoms with E-state index in [0.29, 0.717) is 18.3 Å². The molecule has 0 aliphatic rings. The number of amides is 1. The van der Waals surface area contributed by atoms with Gasteiger partial charge >= 0.3 is 0 Å². The van der Waals surface area contributed by atoms with Crippen LogP contribution in [-0.2, 0) is 11.3 Å². The first-order chi connectivity index (χ1) is 15.0. The Bertz CT molecular complexity index is 938. The van der Waals surface area contributed by atoms with Crippen molar-refractivity contribution in [2.75, 3.05) is 20.2 Å². The van der Waals surface area contributed by atoms with E-state index in [1.54, 1.807) is 18.4 Å². The maximum absolute atomic E-state index is 12.9. The SMILES string of the molecule is CCCN(CC(=O)NC(c1ccc(OC)cc1)C(C)C)Cc1nnc(-c2cccs2)o1. The number of ether oxygens (including phenoxy) is 1. The first-order valence-electron chi connectivity index (χ1n) is 10.5. The van der Waals surface area contributed by atoms with Gasteiger partial charge in [0, 0.05) is 0 Å². The van der Waals surface area contributed by atoms with Crippen molar-refractivity contribution in [1.82, 2.24) is 20.4 Å². The third kappa shape index (κ3) is 6.38. The second kappa shape index (κ2) is 11.1. The Kier molecular flexibility index (Phi) is 8.20. The fourth-order valence-corrected chi connectivity index (χ4v) is 4.05. The number of thiophene rings is 1. The molecule has 3 rings (SSSR count). The summed E-state index contributed by atoms with van der Waals surface area (Å²) in [6.45, 7) is 7.76. The Morgan fingerprint density at radius 1 is 1.23 bits per heavy atom. The summed E-state index contributed by atoms with van der Waals surface area (Å²) in [6.07, 6.45) is 0.922. The van der Waals surface area contributed by atoms with Crippen LogP contribution in [-0.4, -0.2) is 41.2 Å². The summed E-state index contributed by atoms with van der Waals surface area (Å²) >= 11 is 1.56. The summed E-state index contributed by atoms with van der Waals surface area (Å²) in [5, 5.41) is 13.5. The molecule has 0 aliphatic carbocycles. The number of methoxy groups -OCH3 is 1. The average Bonchev–Trinajstić information content (AvgIpc) is 3.44. The van der Waals surface area contributed by atoms with Crippen LogP contribution in [0.25, 0.3) is 10.8 Å². The van der Waals surface area contributed by atoms with E-state index >= 15 is 0 Å². The quantitative estimate of drug-likeness (QED) is 0.470. The molecule has 7 nitrogen and oxygen atoms in total. The zero-order chi connectivity index (χ0) is 22.2. The van der Waals surface area contributed by atoms with Crippen molar-refractivity contribution in [3.63, 3.8) is 0 Å². The molecule has 0 saturated heterocycles. The number of nitrogens with one attached hydrogen (secondary N) is 1. The predicted octanol–water partition coefficient (Wildman–Crippen LogP) is 4.53. The standard InChI is InChI=1S/C23H30N4O3S/c1-5-12-27(15-21-25-26-23(30-21)19-7-6-13-31-19)14-20(28)24-22(16(2)3)17-8-10-18(29-4)11-9-17/h6-11,13,16,22H,5,12,14-15H2,1-4H3,(H,24,28). The molecule has 0 fully saturated rings. The predicted molar refractivity (Wildman–Crippen MR) is 122 cm³/mol. The topological polar surface area (TPSA) is 80.5 Å². The Morgan fingerprint density at radius 2 is 2.00 bits per heavy atom. The van der Waals surface area contributed by atoms with Crippen LogP contribution in [0.4, 0.5) is 0 Å². The molecule has 1 unspecified atom stereocenters. The van der Waals surface area contributed by atoms with Gasteiger partial charge in [-0.25, -0.2) is 0 Å². The van der Waals surface area contributed by atoms with Gasteiger partial charge in [-0.1, -0.05) is 39.0 Å². The monoisotopic (exact) mass is 442 g/mol. The number of carbonyl (C=O) groups is 1. The average molecular weight is 443 g/mol. The highest BCUT2D eigenvalue weighted by molar-refractivity contribution is 7.13. The van der Waals surface area contributed by atoms with Gasteiger partial charge in [0.1, 0.15) is 5.75 Å². The van der Waals surface area contributed by atoms with Crippen molar-refractivity contribution in [2.24, 2.45) is 5.92 Å². The van der Waals surface area contributed by atoms with Gasteiger partial charge in [0.25, 0.3) is 5.89 Å². The second-order valence-corrected chi connectivity index (χ2v) is 8.70. The zero-order valence-electron chi connectivity index (χ0n) is 18.5. The lowest BCUT2D eigenvalue weighted by Crippen LogP contribution is -2.40. The number of hydrogen-bond acceptors (Lipinski definition) is 7. The van der Waals surface area contributed by atoms with Crippen LogP contribution < -0.4 is 10.1 Å². The molecule has 2 aromatic heterocycles. The number of rotatable bonds is 11. The molecule has 166 valence electrons. The van der Waals surface area contributed by atoms with Crippen molar-refractivity contribution in [3.05, 3.63) is 53.2 Å². The molecule has 0 saturated carbocycles. The van der Waals surface area contributed by atoms with Gasteiger partial charge in [-0.05, 0) is 48.0 Å². The summed E-state index contributed by atoms with van der Waals surface area (Å²) in [6, 6.07) is 11.7. The van der Waals surface area contributed by atoms with E-state index in [-0.39, 0.29) is 24.4 Å². The van der Waals surface area contributed by atoms with E-state index < -0.39 is 0 Å². The van der Waals surface area contributed by atoms with Gasteiger partial charge < -0.3 is 14.5 Å². The first kappa shape index (κ1) is 23.0. The molecule has 1 atom stereocenters. The summed E-state index contributed by atoms with van der Waals surface area (Å²) < 4.78 is 11.0. The van der Waals surface area contributed by atoms with Crippen LogP contribution in [0.5, 0.6) is 5.75 Å². The van der Waals surface area contributed by atoms with Crippen LogP contribution in [0.2, 0.25) is 0 Å². The van der Waals surface area contributed by atoms with Gasteiger partial charge in [0.05, 0.1) is 31.1 Å². The molecule has 0 radical (unpaired) electrons. The Balaban J connectivity index is 1.63. The first-order valence-corrected chi connectivity index (χ1v) is 11.4. The largest absolute Gasteiger partial charge is 0.497 e. The third-order valence-electron chi connectivity index (χ3n) is 4.92. The molecular weight excluding hydrogens is 412 g/mol. The summed E-state index contributed by atoms with van der Waals surface area (Å²) in [5.74, 6) is 2.06. The van der Waals surface area contributed by atoms with E-state index in [0.717, 1.165) is 29.2 Å². The summed E-state index contributed by atoms with van der Waals surface area (Å²) in [7, 11) is 1.64. The van der Waals surface area contributed by atoms with Gasteiger partial charge in [-0.2, -0.15) is 0 Å². The minimum atomic E-state index is -0.0734. The van der Waals surface area contributed by atoms with Crippen LogP contribution in [0.15, 0.2) is 46.2 Å². The van der Waals surface area contributed by atoms with Crippen molar-refractivity contribution >= 4 is 17.2 Å². The number of carbonyl (C=O) groups excluding carboxylic acids is 1. The zero-order valence-corrected chi connectivity index (χ0v) is 19.3. The second-order valence-electron chi connectivity index (χ2n) is 7.75. The minimum Gasteiger partial charge on any atom is -0.497 e. The minimum absolute atomic E-state index is 0.0269. The number of nitrogens with zero attached hydrogens (tertiary/aromatic N) is 3. The Labute approximate surface area is 187 Å². The molecule has 8 heteroatoms. The van der Waals surface area contributed by atoms with E-state index in [1.165, 1.54) is 0 Å². The Morgan fingerprint density at radius 3 is 2.61 bits per heavy atom. The molecule has 31 heavy (non-hydrogen) atoms. The van der Waals surface area contributed by atoms with Crippen LogP contribution >= 0.6 is 11.3 Å². The maximum Gasteiger partial charge on any atom is 0.257 e. The van der Waals surface area contributed by atoms with Crippen molar-refractivity contribution in [2.45, 2.75) is 39.8 Å². The van der Waals surface area contributed by atoms with Gasteiger partial charge in [-0.3, -0.25) is 9.69 Å². The lowest BCUT2D eigenvalue weighted by atomic mass is 9.96. The van der Waals surface area contributed by atoms with Crippen molar-refractivity contribution in [3.8, 4) is 16.5 Å². The van der Waals surface area contributed by atoms with Gasteiger partial charge in [0.2, 0.25) is 11.8 Å². The highest BCUT2D eigenvalue weighted by atomic mass is 32.1. The molecular formula is C23H30N4O3S. The van der Waals surface area contributed by atoms with Crippen LogP contribution in [0.1, 0.15) is 44.7 Å². The maximum atomic E-state index is 12.9. The van der Waals surface area contributed by atoms with Crippen LogP contribution in [0, 0.1) is 5.92 Å². The van der Waals surface area contributed by atoms with Crippen LogP contribution in [0.3, 0.4) is 0 Å². The Hall–Kier alpha value is -2.71. The van der Waals surface area contributed by atoms with Crippen molar-refractivity contribution in [1.29, 1.82) is 0 Å². The van der Waals surface area contributed by atoms with E-state index in [2.05, 4.69) is 36.3 Å². The summed E-state index contributed by atoms with van der Waals surface area (Å²) in [5.41, 5.74) is 1.06. The molecule has 0 spiro atoms. The highest BCUT2D eigenvalue weighted by Gasteiger charge is 2.21. The summed E-state index contributed by atoms with van der Waals surface area (Å²) in [4.78, 5) is 15.9. The molecule has 1 aromatic carbocycles. The normalized spacial score (nSPS) is 12.3. The smallest absolute Gasteiger partial charge is 0.257 e. The molecule has 0 bridgehead atoms. The lowest BCUT2D eigenvalue weighted by Gasteiger charge is -2.25. The van der Waals surface area contributed by atoms with Gasteiger partial charge in [-0.15, -0.1) is 21.5 Å². The molecule has 1 N–H and O–H groups in total. The fourth-order valence-electron chi connectivity index (χ4n) is 3.41. The van der Waals surface area contributed by atoms with Crippen molar-refractivity contribution < 1.29 is 13.9 Å². The number of benzene rings is 1. The molecule has 0 aliphatic heterocycles.